The highest BCUT2D eigenvalue weighted by atomic mass is 15.1. The number of benzene rings is 1. The molecule has 3 nitrogen and oxygen atoms in total. The number of hydrogen-bond acceptors (Lipinski definition) is 3. The molecule has 0 amide bonds. The lowest BCUT2D eigenvalue weighted by atomic mass is 10.1. The third-order valence-electron chi connectivity index (χ3n) is 2.83. The van der Waals surface area contributed by atoms with Gasteiger partial charge in [-0.1, -0.05) is 0 Å². The minimum absolute atomic E-state index is 0.557. The second kappa shape index (κ2) is 3.82. The molecule has 0 spiro atoms. The molecule has 2 N–H and O–H groups in total. The minimum Gasteiger partial charge on any atom is -0.398 e. The first-order valence-electron chi connectivity index (χ1n) is 5.21. The van der Waals surface area contributed by atoms with E-state index in [1.807, 2.05) is 12.1 Å². The fourth-order valence-electron chi connectivity index (χ4n) is 1.67. The van der Waals surface area contributed by atoms with E-state index in [0.717, 1.165) is 18.2 Å². The quantitative estimate of drug-likeness (QED) is 0.761. The molecule has 1 aromatic carbocycles. The maximum atomic E-state index is 8.87. The van der Waals surface area contributed by atoms with Crippen LogP contribution in [-0.4, -0.2) is 13.6 Å². The Bertz CT molecular complexity index is 402. The predicted molar refractivity (Wildman–Crippen MR) is 61.6 cm³/mol. The Balaban J connectivity index is 2.16. The van der Waals surface area contributed by atoms with Gasteiger partial charge in [0.25, 0.3) is 0 Å². The van der Waals surface area contributed by atoms with E-state index in [4.69, 9.17) is 11.0 Å². The van der Waals surface area contributed by atoms with Crippen molar-refractivity contribution in [1.82, 2.24) is 0 Å². The lowest BCUT2D eigenvalue weighted by Crippen LogP contribution is -2.19. The van der Waals surface area contributed by atoms with Gasteiger partial charge in [0.2, 0.25) is 0 Å². The van der Waals surface area contributed by atoms with E-state index in [2.05, 4.69) is 18.0 Å². The Morgan fingerprint density at radius 3 is 2.87 bits per heavy atom. The van der Waals surface area contributed by atoms with Gasteiger partial charge in [-0.3, -0.25) is 0 Å². The molecule has 1 aliphatic carbocycles. The van der Waals surface area contributed by atoms with Crippen LogP contribution < -0.4 is 10.6 Å². The second-order valence-corrected chi connectivity index (χ2v) is 4.21. The van der Waals surface area contributed by atoms with Crippen molar-refractivity contribution < 1.29 is 0 Å². The van der Waals surface area contributed by atoms with Crippen molar-refractivity contribution in [3.63, 3.8) is 0 Å². The van der Waals surface area contributed by atoms with E-state index in [-0.39, 0.29) is 0 Å². The van der Waals surface area contributed by atoms with Crippen LogP contribution in [0.3, 0.4) is 0 Å². The Morgan fingerprint density at radius 2 is 2.27 bits per heavy atom. The van der Waals surface area contributed by atoms with E-state index in [0.29, 0.717) is 11.3 Å². The average Bonchev–Trinajstić information content (AvgIpc) is 3.02. The maximum Gasteiger partial charge on any atom is 0.101 e. The molecule has 1 aromatic rings. The molecule has 15 heavy (non-hydrogen) atoms. The first-order valence-corrected chi connectivity index (χ1v) is 5.21. The maximum absolute atomic E-state index is 8.87. The number of nitrogen functional groups attached to an aromatic ring is 1. The van der Waals surface area contributed by atoms with Crippen LogP contribution in [0.25, 0.3) is 0 Å². The van der Waals surface area contributed by atoms with Crippen molar-refractivity contribution in [1.29, 1.82) is 5.26 Å². The summed E-state index contributed by atoms with van der Waals surface area (Å²) < 4.78 is 0. The smallest absolute Gasteiger partial charge is 0.101 e. The number of anilines is 2. The Kier molecular flexibility index (Phi) is 2.51. The molecule has 0 atom stereocenters. The van der Waals surface area contributed by atoms with Gasteiger partial charge in [-0.2, -0.15) is 5.26 Å². The van der Waals surface area contributed by atoms with Crippen molar-refractivity contribution in [3.8, 4) is 6.07 Å². The highest BCUT2D eigenvalue weighted by Crippen LogP contribution is 2.31. The molecule has 3 heteroatoms. The van der Waals surface area contributed by atoms with Gasteiger partial charge in [0.15, 0.2) is 0 Å². The molecular formula is C12H15N3. The zero-order valence-corrected chi connectivity index (χ0v) is 8.90. The van der Waals surface area contributed by atoms with Gasteiger partial charge >= 0.3 is 0 Å². The highest BCUT2D eigenvalue weighted by Gasteiger charge is 2.23. The fourth-order valence-corrected chi connectivity index (χ4v) is 1.67. The van der Waals surface area contributed by atoms with E-state index in [1.165, 1.54) is 12.8 Å². The van der Waals surface area contributed by atoms with E-state index >= 15 is 0 Å². The summed E-state index contributed by atoms with van der Waals surface area (Å²) in [7, 11) is 2.06. The lowest BCUT2D eigenvalue weighted by molar-refractivity contribution is 0.787. The zero-order valence-electron chi connectivity index (χ0n) is 8.90. The summed E-state index contributed by atoms with van der Waals surface area (Å²) in [5, 5.41) is 8.87. The number of rotatable bonds is 3. The Labute approximate surface area is 90.1 Å². The first-order chi connectivity index (χ1) is 7.20. The molecule has 1 saturated carbocycles. The molecule has 1 aliphatic rings. The van der Waals surface area contributed by atoms with Gasteiger partial charge in [0, 0.05) is 25.0 Å². The van der Waals surface area contributed by atoms with Crippen LogP contribution in [-0.2, 0) is 0 Å². The topological polar surface area (TPSA) is 53.0 Å². The second-order valence-electron chi connectivity index (χ2n) is 4.21. The monoisotopic (exact) mass is 201 g/mol. The molecule has 0 unspecified atom stereocenters. The third kappa shape index (κ3) is 2.21. The van der Waals surface area contributed by atoms with Gasteiger partial charge in [-0.25, -0.2) is 0 Å². The molecule has 2 rings (SSSR count). The number of hydrogen-bond donors (Lipinski definition) is 1. The summed E-state index contributed by atoms with van der Waals surface area (Å²) in [6.07, 6.45) is 2.68. The van der Waals surface area contributed by atoms with Crippen molar-refractivity contribution in [2.75, 3.05) is 24.2 Å². The van der Waals surface area contributed by atoms with Gasteiger partial charge in [0.05, 0.1) is 5.56 Å². The van der Waals surface area contributed by atoms with Crippen LogP contribution in [0, 0.1) is 17.2 Å². The third-order valence-corrected chi connectivity index (χ3v) is 2.83. The summed E-state index contributed by atoms with van der Waals surface area (Å²) in [5.74, 6) is 0.845. The molecule has 0 aromatic heterocycles. The van der Waals surface area contributed by atoms with Crippen LogP contribution in [0.15, 0.2) is 18.2 Å². The summed E-state index contributed by atoms with van der Waals surface area (Å²) >= 11 is 0. The summed E-state index contributed by atoms with van der Waals surface area (Å²) in [6, 6.07) is 7.74. The van der Waals surface area contributed by atoms with Crippen LogP contribution in [0.1, 0.15) is 18.4 Å². The van der Waals surface area contributed by atoms with Crippen molar-refractivity contribution >= 4 is 11.4 Å². The molecule has 0 saturated heterocycles. The molecule has 0 bridgehead atoms. The Morgan fingerprint density at radius 1 is 1.53 bits per heavy atom. The predicted octanol–water partition coefficient (Wildman–Crippen LogP) is 1.99. The van der Waals surface area contributed by atoms with Gasteiger partial charge in [0.1, 0.15) is 6.07 Å². The molecule has 0 aliphatic heterocycles. The minimum atomic E-state index is 0.557. The standard InChI is InChI=1S/C12H15N3/c1-15(8-9-2-3-9)11-4-5-12(14)10(6-11)7-13/h4-6,9H,2-3,8,14H2,1H3. The van der Waals surface area contributed by atoms with Gasteiger partial charge in [-0.15, -0.1) is 0 Å². The SMILES string of the molecule is CN(CC1CC1)c1ccc(N)c(C#N)c1. The molecule has 0 radical (unpaired) electrons. The van der Waals surface area contributed by atoms with E-state index in [1.54, 1.807) is 6.07 Å². The van der Waals surface area contributed by atoms with Crippen molar-refractivity contribution in [2.45, 2.75) is 12.8 Å². The van der Waals surface area contributed by atoms with Crippen LogP contribution in [0.4, 0.5) is 11.4 Å². The molecule has 78 valence electrons. The summed E-state index contributed by atoms with van der Waals surface area (Å²) in [6.45, 7) is 1.08. The largest absolute Gasteiger partial charge is 0.398 e. The highest BCUT2D eigenvalue weighted by molar-refractivity contribution is 5.62. The van der Waals surface area contributed by atoms with Gasteiger partial charge in [-0.05, 0) is 37.0 Å². The van der Waals surface area contributed by atoms with E-state index < -0.39 is 0 Å². The molecular weight excluding hydrogens is 186 g/mol. The lowest BCUT2D eigenvalue weighted by Gasteiger charge is -2.19. The summed E-state index contributed by atoms with van der Waals surface area (Å²) in [4.78, 5) is 2.19. The van der Waals surface area contributed by atoms with Crippen molar-refractivity contribution in [2.24, 2.45) is 5.92 Å². The number of nitriles is 1. The Hall–Kier alpha value is -1.69. The summed E-state index contributed by atoms with van der Waals surface area (Å²) in [5.41, 5.74) is 7.87. The average molecular weight is 201 g/mol. The molecule has 1 fully saturated rings. The van der Waals surface area contributed by atoms with Crippen LogP contribution >= 0.6 is 0 Å². The number of nitrogens with two attached hydrogens (primary N) is 1. The molecule has 0 heterocycles. The normalized spacial score (nSPS) is 14.7. The number of nitrogens with zero attached hydrogens (tertiary/aromatic N) is 2. The van der Waals surface area contributed by atoms with Crippen molar-refractivity contribution in [3.05, 3.63) is 23.8 Å². The van der Waals surface area contributed by atoms with Crippen LogP contribution in [0.5, 0.6) is 0 Å². The first kappa shape index (κ1) is 9.85. The zero-order chi connectivity index (χ0) is 10.8. The fraction of sp³-hybridized carbons (Fsp3) is 0.417. The van der Waals surface area contributed by atoms with E-state index in [9.17, 15) is 0 Å². The van der Waals surface area contributed by atoms with Gasteiger partial charge < -0.3 is 10.6 Å². The van der Waals surface area contributed by atoms with Crippen LogP contribution in [0.2, 0.25) is 0 Å².